The van der Waals surface area contributed by atoms with Gasteiger partial charge >= 0.3 is 5.97 Å². The third kappa shape index (κ3) is 5.45. The van der Waals surface area contributed by atoms with E-state index in [0.29, 0.717) is 11.4 Å². The molecule has 148 valence electrons. The fourth-order valence-electron chi connectivity index (χ4n) is 2.85. The first-order valence-corrected chi connectivity index (χ1v) is 9.33. The Kier molecular flexibility index (Phi) is 6.63. The molecule has 1 amide bonds. The van der Waals surface area contributed by atoms with Gasteiger partial charge < -0.3 is 14.8 Å². The smallest absolute Gasteiger partial charge is 0.344 e. The standard InChI is InChI=1S/C24H23NO4/c1-17-9-8-14-22(18(17)2)28-16-24(27)29-15-23(26)25-21-13-7-6-12-20(21)19-10-4-3-5-11-19/h3-14H,15-16H2,1-2H3,(H,25,26). The van der Waals surface area contributed by atoms with Crippen LogP contribution in [0.25, 0.3) is 11.1 Å². The van der Waals surface area contributed by atoms with E-state index < -0.39 is 11.9 Å². The molecule has 3 rings (SSSR count). The van der Waals surface area contributed by atoms with E-state index in [1.165, 1.54) is 0 Å². The Hall–Kier alpha value is -3.60. The van der Waals surface area contributed by atoms with E-state index in [2.05, 4.69) is 5.32 Å². The van der Waals surface area contributed by atoms with Crippen LogP contribution in [-0.2, 0) is 14.3 Å². The van der Waals surface area contributed by atoms with E-state index in [9.17, 15) is 9.59 Å². The number of esters is 1. The molecule has 1 N–H and O–H groups in total. The normalized spacial score (nSPS) is 10.3. The second-order valence-electron chi connectivity index (χ2n) is 6.61. The number of para-hydroxylation sites is 1. The number of benzene rings is 3. The van der Waals surface area contributed by atoms with E-state index in [0.717, 1.165) is 22.3 Å². The van der Waals surface area contributed by atoms with E-state index in [4.69, 9.17) is 9.47 Å². The Morgan fingerprint density at radius 2 is 1.55 bits per heavy atom. The van der Waals surface area contributed by atoms with Gasteiger partial charge in [0, 0.05) is 11.3 Å². The molecule has 5 nitrogen and oxygen atoms in total. The first-order chi connectivity index (χ1) is 14.0. The lowest BCUT2D eigenvalue weighted by atomic mass is 10.0. The highest BCUT2D eigenvalue weighted by molar-refractivity contribution is 5.96. The molecular formula is C24H23NO4. The number of amides is 1. The summed E-state index contributed by atoms with van der Waals surface area (Å²) in [4.78, 5) is 24.2. The Labute approximate surface area is 170 Å². The number of aryl methyl sites for hydroxylation is 1. The molecule has 0 heterocycles. The zero-order chi connectivity index (χ0) is 20.6. The van der Waals surface area contributed by atoms with Gasteiger partial charge in [0.25, 0.3) is 5.91 Å². The van der Waals surface area contributed by atoms with Crippen LogP contribution in [0, 0.1) is 13.8 Å². The highest BCUT2D eigenvalue weighted by atomic mass is 16.6. The van der Waals surface area contributed by atoms with Crippen molar-refractivity contribution in [2.75, 3.05) is 18.5 Å². The van der Waals surface area contributed by atoms with E-state index >= 15 is 0 Å². The van der Waals surface area contributed by atoms with Crippen LogP contribution in [0.5, 0.6) is 5.75 Å². The molecule has 0 fully saturated rings. The Bertz CT molecular complexity index is 999. The van der Waals surface area contributed by atoms with Crippen LogP contribution in [0.15, 0.2) is 72.8 Å². The van der Waals surface area contributed by atoms with Crippen molar-refractivity contribution in [3.8, 4) is 16.9 Å². The Balaban J connectivity index is 1.53. The number of ether oxygens (including phenoxy) is 2. The van der Waals surface area contributed by atoms with Crippen LogP contribution in [0.2, 0.25) is 0 Å². The van der Waals surface area contributed by atoms with Crippen molar-refractivity contribution in [3.63, 3.8) is 0 Å². The Morgan fingerprint density at radius 3 is 2.34 bits per heavy atom. The topological polar surface area (TPSA) is 64.6 Å². The highest BCUT2D eigenvalue weighted by Gasteiger charge is 2.12. The molecule has 3 aromatic carbocycles. The number of rotatable bonds is 7. The highest BCUT2D eigenvalue weighted by Crippen LogP contribution is 2.27. The number of nitrogens with one attached hydrogen (secondary N) is 1. The molecule has 0 unspecified atom stereocenters. The van der Waals surface area contributed by atoms with Crippen LogP contribution >= 0.6 is 0 Å². The summed E-state index contributed by atoms with van der Waals surface area (Å²) in [6, 6.07) is 22.9. The largest absolute Gasteiger partial charge is 0.482 e. The number of anilines is 1. The predicted molar refractivity (Wildman–Crippen MR) is 113 cm³/mol. The molecule has 29 heavy (non-hydrogen) atoms. The van der Waals surface area contributed by atoms with Crippen molar-refractivity contribution in [3.05, 3.63) is 83.9 Å². The summed E-state index contributed by atoms with van der Waals surface area (Å²) in [5.74, 6) is -0.381. The summed E-state index contributed by atoms with van der Waals surface area (Å²) in [6.45, 7) is 3.27. The maximum Gasteiger partial charge on any atom is 0.344 e. The maximum atomic E-state index is 12.2. The van der Waals surface area contributed by atoms with E-state index in [-0.39, 0.29) is 13.2 Å². The molecule has 0 aromatic heterocycles. The summed E-state index contributed by atoms with van der Waals surface area (Å²) < 4.78 is 10.5. The van der Waals surface area contributed by atoms with Crippen molar-refractivity contribution < 1.29 is 19.1 Å². The predicted octanol–water partition coefficient (Wildman–Crippen LogP) is 4.53. The zero-order valence-corrected chi connectivity index (χ0v) is 16.5. The molecule has 0 radical (unpaired) electrons. The quantitative estimate of drug-likeness (QED) is 0.603. The van der Waals surface area contributed by atoms with Gasteiger partial charge in [0.05, 0.1) is 0 Å². The molecular weight excluding hydrogens is 366 g/mol. The Morgan fingerprint density at radius 1 is 0.828 bits per heavy atom. The second kappa shape index (κ2) is 9.55. The van der Waals surface area contributed by atoms with Gasteiger partial charge in [-0.15, -0.1) is 0 Å². The maximum absolute atomic E-state index is 12.2. The molecule has 3 aromatic rings. The fraction of sp³-hybridized carbons (Fsp3) is 0.167. The monoisotopic (exact) mass is 389 g/mol. The first-order valence-electron chi connectivity index (χ1n) is 9.33. The molecule has 0 aliphatic rings. The minimum Gasteiger partial charge on any atom is -0.482 e. The molecule has 5 heteroatoms. The lowest BCUT2D eigenvalue weighted by molar-refractivity contribution is -0.149. The molecule has 0 bridgehead atoms. The number of carbonyl (C=O) groups excluding carboxylic acids is 2. The minimum atomic E-state index is -0.600. The summed E-state index contributed by atoms with van der Waals surface area (Å²) in [5.41, 5.74) is 4.59. The van der Waals surface area contributed by atoms with Crippen molar-refractivity contribution >= 4 is 17.6 Å². The van der Waals surface area contributed by atoms with Crippen molar-refractivity contribution in [1.29, 1.82) is 0 Å². The molecule has 0 aliphatic carbocycles. The van der Waals surface area contributed by atoms with Gasteiger partial charge in [-0.05, 0) is 42.7 Å². The zero-order valence-electron chi connectivity index (χ0n) is 16.5. The number of hydrogen-bond acceptors (Lipinski definition) is 4. The van der Waals surface area contributed by atoms with E-state index in [1.54, 1.807) is 6.07 Å². The summed E-state index contributed by atoms with van der Waals surface area (Å²) in [7, 11) is 0. The molecule has 0 saturated carbocycles. The van der Waals surface area contributed by atoms with Crippen LogP contribution < -0.4 is 10.1 Å². The summed E-state index contributed by atoms with van der Waals surface area (Å²) in [5, 5.41) is 2.80. The van der Waals surface area contributed by atoms with Crippen LogP contribution in [0.4, 0.5) is 5.69 Å². The number of carbonyl (C=O) groups is 2. The van der Waals surface area contributed by atoms with Crippen LogP contribution in [0.3, 0.4) is 0 Å². The lowest BCUT2D eigenvalue weighted by Gasteiger charge is -2.12. The van der Waals surface area contributed by atoms with Crippen LogP contribution in [-0.4, -0.2) is 25.1 Å². The summed E-state index contributed by atoms with van der Waals surface area (Å²) in [6.07, 6.45) is 0. The average molecular weight is 389 g/mol. The van der Waals surface area contributed by atoms with Gasteiger partial charge in [-0.1, -0.05) is 60.7 Å². The summed E-state index contributed by atoms with van der Waals surface area (Å²) >= 11 is 0. The number of hydrogen-bond donors (Lipinski definition) is 1. The average Bonchev–Trinajstić information content (AvgIpc) is 2.74. The first kappa shape index (κ1) is 20.1. The van der Waals surface area contributed by atoms with Gasteiger partial charge in [-0.3, -0.25) is 4.79 Å². The lowest BCUT2D eigenvalue weighted by Crippen LogP contribution is -2.24. The van der Waals surface area contributed by atoms with Gasteiger partial charge in [-0.25, -0.2) is 4.79 Å². The van der Waals surface area contributed by atoms with Crippen molar-refractivity contribution in [2.24, 2.45) is 0 Å². The van der Waals surface area contributed by atoms with Crippen molar-refractivity contribution in [2.45, 2.75) is 13.8 Å². The molecule has 0 saturated heterocycles. The van der Waals surface area contributed by atoms with Gasteiger partial charge in [-0.2, -0.15) is 0 Å². The SMILES string of the molecule is Cc1cccc(OCC(=O)OCC(=O)Nc2ccccc2-c2ccccc2)c1C. The van der Waals surface area contributed by atoms with Gasteiger partial charge in [0.2, 0.25) is 0 Å². The molecule has 0 spiro atoms. The minimum absolute atomic E-state index is 0.252. The van der Waals surface area contributed by atoms with Crippen LogP contribution in [0.1, 0.15) is 11.1 Å². The molecule has 0 atom stereocenters. The van der Waals surface area contributed by atoms with E-state index in [1.807, 2.05) is 80.6 Å². The fourth-order valence-corrected chi connectivity index (χ4v) is 2.85. The van der Waals surface area contributed by atoms with Gasteiger partial charge in [0.15, 0.2) is 13.2 Å². The van der Waals surface area contributed by atoms with Gasteiger partial charge in [0.1, 0.15) is 5.75 Å². The second-order valence-corrected chi connectivity index (χ2v) is 6.61. The van der Waals surface area contributed by atoms with Crippen molar-refractivity contribution in [1.82, 2.24) is 0 Å². The third-order valence-corrected chi connectivity index (χ3v) is 4.55. The third-order valence-electron chi connectivity index (χ3n) is 4.55. The molecule has 0 aliphatic heterocycles.